The van der Waals surface area contributed by atoms with Gasteiger partial charge >= 0.3 is 0 Å². The molecule has 0 spiro atoms. The fourth-order valence-corrected chi connectivity index (χ4v) is 2.93. The van der Waals surface area contributed by atoms with Crippen molar-refractivity contribution in [1.29, 1.82) is 0 Å². The summed E-state index contributed by atoms with van der Waals surface area (Å²) in [5, 5.41) is 10.5. The van der Waals surface area contributed by atoms with Gasteiger partial charge in [-0.05, 0) is 51.7 Å². The molecular formula is C15H30N2O2. The Balaban J connectivity index is 2.29. The first-order valence-corrected chi connectivity index (χ1v) is 7.71. The van der Waals surface area contributed by atoms with E-state index in [9.17, 15) is 9.90 Å². The van der Waals surface area contributed by atoms with Crippen LogP contribution in [0, 0.1) is 0 Å². The van der Waals surface area contributed by atoms with Crippen molar-refractivity contribution >= 4 is 5.91 Å². The van der Waals surface area contributed by atoms with E-state index in [4.69, 9.17) is 0 Å². The molecule has 4 heteroatoms. The van der Waals surface area contributed by atoms with E-state index in [0.29, 0.717) is 13.1 Å². The predicted octanol–water partition coefficient (Wildman–Crippen LogP) is 1.87. The summed E-state index contributed by atoms with van der Waals surface area (Å²) in [5.41, 5.74) is -0.643. The summed E-state index contributed by atoms with van der Waals surface area (Å²) in [6.07, 6.45) is 4.92. The number of aliphatic hydroxyl groups is 1. The van der Waals surface area contributed by atoms with Gasteiger partial charge < -0.3 is 14.9 Å². The number of carbonyl (C=O) groups is 1. The molecule has 4 nitrogen and oxygen atoms in total. The standard InChI is InChI=1S/C15H30N2O2/c1-4-9-16(10-5-2)11-6-7-15(19)8-12-17(13-15)14(3)18/h19H,4-13H2,1-3H3. The van der Waals surface area contributed by atoms with Crippen molar-refractivity contribution in [2.24, 2.45) is 0 Å². The van der Waals surface area contributed by atoms with Crippen molar-refractivity contribution in [3.05, 3.63) is 0 Å². The molecule has 1 aliphatic heterocycles. The molecule has 112 valence electrons. The highest BCUT2D eigenvalue weighted by atomic mass is 16.3. The van der Waals surface area contributed by atoms with Gasteiger partial charge in [0, 0.05) is 20.0 Å². The average molecular weight is 270 g/mol. The Kier molecular flexibility index (Phi) is 6.80. The molecule has 0 aromatic heterocycles. The molecule has 1 fully saturated rings. The van der Waals surface area contributed by atoms with Crippen molar-refractivity contribution in [3.8, 4) is 0 Å². The summed E-state index contributed by atoms with van der Waals surface area (Å²) in [7, 11) is 0. The molecule has 1 unspecified atom stereocenters. The number of carbonyl (C=O) groups excluding carboxylic acids is 1. The quantitative estimate of drug-likeness (QED) is 0.732. The van der Waals surface area contributed by atoms with E-state index in [1.54, 1.807) is 11.8 Å². The third kappa shape index (κ3) is 5.49. The largest absolute Gasteiger partial charge is 0.388 e. The lowest BCUT2D eigenvalue weighted by atomic mass is 9.97. The second-order valence-corrected chi connectivity index (χ2v) is 5.86. The van der Waals surface area contributed by atoms with Crippen LogP contribution in [0.1, 0.15) is 52.9 Å². The second-order valence-electron chi connectivity index (χ2n) is 5.86. The molecule has 1 aliphatic rings. The lowest BCUT2D eigenvalue weighted by Crippen LogP contribution is -2.36. The van der Waals surface area contributed by atoms with E-state index >= 15 is 0 Å². The fourth-order valence-electron chi connectivity index (χ4n) is 2.93. The molecule has 0 aliphatic carbocycles. The Bertz CT molecular complexity index is 277. The Morgan fingerprint density at radius 1 is 1.26 bits per heavy atom. The Labute approximate surface area is 117 Å². The van der Waals surface area contributed by atoms with Crippen LogP contribution in [0.15, 0.2) is 0 Å². The van der Waals surface area contributed by atoms with Gasteiger partial charge in [0.2, 0.25) is 5.91 Å². The van der Waals surface area contributed by atoms with Gasteiger partial charge in [-0.2, -0.15) is 0 Å². The first-order valence-electron chi connectivity index (χ1n) is 7.71. The van der Waals surface area contributed by atoms with Crippen molar-refractivity contribution in [2.45, 2.75) is 58.5 Å². The van der Waals surface area contributed by atoms with E-state index in [1.165, 1.54) is 12.8 Å². The zero-order chi connectivity index (χ0) is 14.3. The lowest BCUT2D eigenvalue weighted by Gasteiger charge is -2.26. The Morgan fingerprint density at radius 2 is 1.89 bits per heavy atom. The number of nitrogens with zero attached hydrogens (tertiary/aromatic N) is 2. The van der Waals surface area contributed by atoms with Gasteiger partial charge in [0.25, 0.3) is 0 Å². The van der Waals surface area contributed by atoms with E-state index in [0.717, 1.165) is 38.9 Å². The van der Waals surface area contributed by atoms with Crippen molar-refractivity contribution in [1.82, 2.24) is 9.80 Å². The van der Waals surface area contributed by atoms with Crippen molar-refractivity contribution < 1.29 is 9.90 Å². The molecule has 0 saturated carbocycles. The van der Waals surface area contributed by atoms with Crippen LogP contribution in [0.4, 0.5) is 0 Å². The normalized spacial score (nSPS) is 23.3. The highest BCUT2D eigenvalue weighted by Crippen LogP contribution is 2.26. The number of likely N-dealkylation sites (tertiary alicyclic amines) is 1. The molecule has 1 N–H and O–H groups in total. The predicted molar refractivity (Wildman–Crippen MR) is 78.1 cm³/mol. The molecule has 0 bridgehead atoms. The minimum Gasteiger partial charge on any atom is -0.388 e. The molecular weight excluding hydrogens is 240 g/mol. The van der Waals surface area contributed by atoms with E-state index in [1.807, 2.05) is 0 Å². The molecule has 19 heavy (non-hydrogen) atoms. The number of hydrogen-bond donors (Lipinski definition) is 1. The minimum atomic E-state index is -0.643. The van der Waals surface area contributed by atoms with Crippen LogP contribution in [-0.2, 0) is 4.79 Å². The van der Waals surface area contributed by atoms with Gasteiger partial charge in [-0.1, -0.05) is 13.8 Å². The highest BCUT2D eigenvalue weighted by Gasteiger charge is 2.36. The van der Waals surface area contributed by atoms with Crippen LogP contribution in [0.25, 0.3) is 0 Å². The SMILES string of the molecule is CCCN(CCC)CCCC1(O)CCN(C(C)=O)C1. The molecule has 0 radical (unpaired) electrons. The third-order valence-corrected chi connectivity index (χ3v) is 3.97. The van der Waals surface area contributed by atoms with E-state index in [2.05, 4.69) is 18.7 Å². The van der Waals surface area contributed by atoms with Crippen LogP contribution in [0.2, 0.25) is 0 Å². The van der Waals surface area contributed by atoms with Crippen LogP contribution in [0.5, 0.6) is 0 Å². The van der Waals surface area contributed by atoms with Crippen LogP contribution < -0.4 is 0 Å². The summed E-state index contributed by atoms with van der Waals surface area (Å²) in [6.45, 7) is 10.6. The molecule has 0 aromatic rings. The topological polar surface area (TPSA) is 43.8 Å². The number of amides is 1. The number of hydrogen-bond acceptors (Lipinski definition) is 3. The first-order chi connectivity index (χ1) is 9.00. The molecule has 0 aromatic carbocycles. The first kappa shape index (κ1) is 16.4. The summed E-state index contributed by atoms with van der Waals surface area (Å²) < 4.78 is 0. The van der Waals surface area contributed by atoms with Gasteiger partial charge in [-0.15, -0.1) is 0 Å². The van der Waals surface area contributed by atoms with Gasteiger partial charge in [-0.3, -0.25) is 4.79 Å². The van der Waals surface area contributed by atoms with Gasteiger partial charge in [0.05, 0.1) is 5.60 Å². The maximum atomic E-state index is 11.3. The van der Waals surface area contributed by atoms with Gasteiger partial charge in [0.15, 0.2) is 0 Å². The second kappa shape index (κ2) is 7.85. The van der Waals surface area contributed by atoms with Crippen LogP contribution >= 0.6 is 0 Å². The highest BCUT2D eigenvalue weighted by molar-refractivity contribution is 5.73. The Hall–Kier alpha value is -0.610. The smallest absolute Gasteiger partial charge is 0.219 e. The third-order valence-electron chi connectivity index (χ3n) is 3.97. The maximum Gasteiger partial charge on any atom is 0.219 e. The molecule has 1 atom stereocenters. The zero-order valence-electron chi connectivity index (χ0n) is 12.8. The molecule has 1 saturated heterocycles. The summed E-state index contributed by atoms with van der Waals surface area (Å²) >= 11 is 0. The van der Waals surface area contributed by atoms with Crippen molar-refractivity contribution in [3.63, 3.8) is 0 Å². The molecule has 1 rings (SSSR count). The van der Waals surface area contributed by atoms with Gasteiger partial charge in [0.1, 0.15) is 0 Å². The van der Waals surface area contributed by atoms with E-state index in [-0.39, 0.29) is 5.91 Å². The van der Waals surface area contributed by atoms with Crippen LogP contribution in [0.3, 0.4) is 0 Å². The number of β-amino-alcohol motifs (C(OH)–C–C–N with tert-alkyl or cyclic N) is 1. The summed E-state index contributed by atoms with van der Waals surface area (Å²) in [5.74, 6) is 0.0783. The summed E-state index contributed by atoms with van der Waals surface area (Å²) in [6, 6.07) is 0. The molecule has 1 heterocycles. The van der Waals surface area contributed by atoms with E-state index < -0.39 is 5.60 Å². The van der Waals surface area contributed by atoms with Crippen LogP contribution in [-0.4, -0.2) is 59.1 Å². The zero-order valence-corrected chi connectivity index (χ0v) is 12.8. The minimum absolute atomic E-state index is 0.0783. The monoisotopic (exact) mass is 270 g/mol. The lowest BCUT2D eigenvalue weighted by molar-refractivity contribution is -0.128. The average Bonchev–Trinajstić information content (AvgIpc) is 2.73. The molecule has 1 amide bonds. The van der Waals surface area contributed by atoms with Gasteiger partial charge in [-0.25, -0.2) is 0 Å². The Morgan fingerprint density at radius 3 is 2.37 bits per heavy atom. The fraction of sp³-hybridized carbons (Fsp3) is 0.933. The van der Waals surface area contributed by atoms with Crippen molar-refractivity contribution in [2.75, 3.05) is 32.7 Å². The maximum absolute atomic E-state index is 11.3. The number of rotatable bonds is 8. The summed E-state index contributed by atoms with van der Waals surface area (Å²) in [4.78, 5) is 15.5.